The van der Waals surface area contributed by atoms with Crippen LogP contribution in [0.25, 0.3) is 10.3 Å². The van der Waals surface area contributed by atoms with Crippen molar-refractivity contribution in [2.24, 2.45) is 5.73 Å². The van der Waals surface area contributed by atoms with Gasteiger partial charge in [0.05, 0.1) is 4.70 Å². The second-order valence-electron chi connectivity index (χ2n) is 4.81. The first-order chi connectivity index (χ1) is 8.23. The first-order valence-electron chi connectivity index (χ1n) is 5.98. The average molecular weight is 249 g/mol. The number of rotatable bonds is 2. The van der Waals surface area contributed by atoms with Crippen molar-refractivity contribution >= 4 is 21.6 Å². The molecule has 1 fully saturated rings. The van der Waals surface area contributed by atoms with E-state index >= 15 is 0 Å². The van der Waals surface area contributed by atoms with E-state index in [9.17, 15) is 4.79 Å². The Kier molecular flexibility index (Phi) is 2.56. The van der Waals surface area contributed by atoms with E-state index in [1.165, 1.54) is 29.7 Å². The summed E-state index contributed by atoms with van der Waals surface area (Å²) in [6.07, 6.45) is 4.80. The van der Waals surface area contributed by atoms with Crippen molar-refractivity contribution < 1.29 is 4.42 Å². The summed E-state index contributed by atoms with van der Waals surface area (Å²) in [5.74, 6) is 0. The quantitative estimate of drug-likeness (QED) is 0.890. The Morgan fingerprint density at radius 1 is 1.35 bits per heavy atom. The lowest BCUT2D eigenvalue weighted by Crippen LogP contribution is -2.31. The molecule has 3 rings (SSSR count). The molecule has 1 aromatic carbocycles. The lowest BCUT2D eigenvalue weighted by atomic mass is 9.79. The average Bonchev–Trinajstić information content (AvgIpc) is 2.93. The SMILES string of the molecule is NCC1(c2ccc3oc(=O)sc3c2)CCCC1. The van der Waals surface area contributed by atoms with Gasteiger partial charge in [-0.05, 0) is 30.5 Å². The lowest BCUT2D eigenvalue weighted by molar-refractivity contribution is 0.453. The maximum Gasteiger partial charge on any atom is 0.396 e. The molecule has 4 heteroatoms. The van der Waals surface area contributed by atoms with Crippen molar-refractivity contribution in [1.29, 1.82) is 0 Å². The molecule has 1 saturated carbocycles. The van der Waals surface area contributed by atoms with E-state index in [-0.39, 0.29) is 10.4 Å². The molecule has 1 aliphatic rings. The van der Waals surface area contributed by atoms with Gasteiger partial charge in [-0.1, -0.05) is 30.2 Å². The Morgan fingerprint density at radius 2 is 2.12 bits per heavy atom. The van der Waals surface area contributed by atoms with E-state index in [4.69, 9.17) is 10.2 Å². The van der Waals surface area contributed by atoms with Crippen LogP contribution >= 0.6 is 11.3 Å². The third kappa shape index (κ3) is 1.72. The number of fused-ring (bicyclic) bond motifs is 1. The number of hydrogen-bond acceptors (Lipinski definition) is 4. The largest absolute Gasteiger partial charge is 0.414 e. The van der Waals surface area contributed by atoms with Gasteiger partial charge in [0.25, 0.3) is 0 Å². The van der Waals surface area contributed by atoms with Gasteiger partial charge in [-0.25, -0.2) is 4.79 Å². The predicted octanol–water partition coefficient (Wildman–Crippen LogP) is 2.63. The second-order valence-corrected chi connectivity index (χ2v) is 5.78. The van der Waals surface area contributed by atoms with Crippen molar-refractivity contribution in [2.75, 3.05) is 6.54 Å². The molecule has 3 nitrogen and oxygen atoms in total. The van der Waals surface area contributed by atoms with Gasteiger partial charge in [-0.2, -0.15) is 0 Å². The van der Waals surface area contributed by atoms with Gasteiger partial charge < -0.3 is 10.2 Å². The third-order valence-electron chi connectivity index (χ3n) is 3.89. The zero-order valence-electron chi connectivity index (χ0n) is 9.57. The van der Waals surface area contributed by atoms with Crippen molar-refractivity contribution in [3.63, 3.8) is 0 Å². The fourth-order valence-corrected chi connectivity index (χ4v) is 3.57. The minimum atomic E-state index is -0.231. The third-order valence-corrected chi connectivity index (χ3v) is 4.68. The minimum absolute atomic E-state index is 0.126. The molecule has 2 N–H and O–H groups in total. The van der Waals surface area contributed by atoms with Crippen LogP contribution in [0.3, 0.4) is 0 Å². The summed E-state index contributed by atoms with van der Waals surface area (Å²) in [6, 6.07) is 6.05. The smallest absolute Gasteiger partial charge is 0.396 e. The summed E-state index contributed by atoms with van der Waals surface area (Å²) >= 11 is 1.17. The molecule has 17 heavy (non-hydrogen) atoms. The van der Waals surface area contributed by atoms with Crippen molar-refractivity contribution in [1.82, 2.24) is 0 Å². The van der Waals surface area contributed by atoms with Crippen molar-refractivity contribution in [2.45, 2.75) is 31.1 Å². The highest BCUT2D eigenvalue weighted by atomic mass is 32.1. The molecular formula is C13H15NO2S. The van der Waals surface area contributed by atoms with Crippen LogP contribution in [0.15, 0.2) is 27.4 Å². The molecule has 0 saturated heterocycles. The Bertz CT molecular complexity index is 593. The van der Waals surface area contributed by atoms with Crippen LogP contribution in [0.5, 0.6) is 0 Å². The van der Waals surface area contributed by atoms with Crippen molar-refractivity contribution in [3.05, 3.63) is 33.5 Å². The predicted molar refractivity (Wildman–Crippen MR) is 69.6 cm³/mol. The Labute approximate surface area is 103 Å². The van der Waals surface area contributed by atoms with Gasteiger partial charge >= 0.3 is 4.94 Å². The van der Waals surface area contributed by atoms with E-state index in [1.54, 1.807) is 0 Å². The van der Waals surface area contributed by atoms with E-state index in [1.807, 2.05) is 6.07 Å². The van der Waals surface area contributed by atoms with Crippen LogP contribution in [-0.4, -0.2) is 6.54 Å². The second kappa shape index (κ2) is 3.96. The normalized spacial score (nSPS) is 18.9. The van der Waals surface area contributed by atoms with Crippen LogP contribution in [0.2, 0.25) is 0 Å². The highest BCUT2D eigenvalue weighted by molar-refractivity contribution is 7.16. The number of benzene rings is 1. The topological polar surface area (TPSA) is 56.2 Å². The van der Waals surface area contributed by atoms with Gasteiger partial charge in [0.15, 0.2) is 0 Å². The zero-order chi connectivity index (χ0) is 11.9. The molecule has 1 aliphatic carbocycles. The molecule has 0 aliphatic heterocycles. The highest BCUT2D eigenvalue weighted by Crippen LogP contribution is 2.41. The molecule has 0 bridgehead atoms. The van der Waals surface area contributed by atoms with Gasteiger partial charge in [0, 0.05) is 12.0 Å². The standard InChI is InChI=1S/C13H15NO2S/c14-8-13(5-1-2-6-13)9-3-4-10-11(7-9)17-12(15)16-10/h3-4,7H,1-2,5-6,8,14H2. The molecule has 1 aromatic heterocycles. The van der Waals surface area contributed by atoms with Gasteiger partial charge in [0.1, 0.15) is 5.58 Å². The minimum Gasteiger partial charge on any atom is -0.414 e. The molecule has 90 valence electrons. The fraction of sp³-hybridized carbons (Fsp3) is 0.462. The Balaban J connectivity index is 2.13. The summed E-state index contributed by atoms with van der Waals surface area (Å²) in [5.41, 5.74) is 8.05. The summed E-state index contributed by atoms with van der Waals surface area (Å²) < 4.78 is 6.02. The molecule has 0 unspecified atom stereocenters. The molecule has 2 aromatic rings. The molecule has 0 spiro atoms. The van der Waals surface area contributed by atoms with Crippen LogP contribution in [-0.2, 0) is 5.41 Å². The molecule has 0 radical (unpaired) electrons. The molecule has 0 atom stereocenters. The Hall–Kier alpha value is -1.13. The number of hydrogen-bond donors (Lipinski definition) is 1. The summed E-state index contributed by atoms with van der Waals surface area (Å²) in [6.45, 7) is 0.686. The van der Waals surface area contributed by atoms with Gasteiger partial charge in [-0.3, -0.25) is 0 Å². The zero-order valence-corrected chi connectivity index (χ0v) is 10.4. The van der Waals surface area contributed by atoms with E-state index in [0.717, 1.165) is 17.5 Å². The molecular weight excluding hydrogens is 234 g/mol. The number of nitrogens with two attached hydrogens (primary N) is 1. The van der Waals surface area contributed by atoms with Gasteiger partial charge in [0.2, 0.25) is 0 Å². The van der Waals surface area contributed by atoms with E-state index in [0.29, 0.717) is 12.1 Å². The summed E-state index contributed by atoms with van der Waals surface area (Å²) in [7, 11) is 0. The van der Waals surface area contributed by atoms with Crippen molar-refractivity contribution in [3.8, 4) is 0 Å². The van der Waals surface area contributed by atoms with Crippen LogP contribution in [0.1, 0.15) is 31.2 Å². The van der Waals surface area contributed by atoms with Gasteiger partial charge in [-0.15, -0.1) is 0 Å². The van der Waals surface area contributed by atoms with Crippen LogP contribution < -0.4 is 10.7 Å². The maximum atomic E-state index is 11.2. The fourth-order valence-electron chi connectivity index (χ4n) is 2.86. The first-order valence-corrected chi connectivity index (χ1v) is 6.79. The lowest BCUT2D eigenvalue weighted by Gasteiger charge is -2.27. The molecule has 0 amide bonds. The summed E-state index contributed by atoms with van der Waals surface area (Å²) in [5, 5.41) is 0. The van der Waals surface area contributed by atoms with Crippen LogP contribution in [0.4, 0.5) is 0 Å². The Morgan fingerprint density at radius 3 is 2.82 bits per heavy atom. The van der Waals surface area contributed by atoms with E-state index in [2.05, 4.69) is 12.1 Å². The van der Waals surface area contributed by atoms with E-state index < -0.39 is 0 Å². The van der Waals surface area contributed by atoms with Crippen LogP contribution in [0, 0.1) is 0 Å². The summed E-state index contributed by atoms with van der Waals surface area (Å²) in [4.78, 5) is 11.0. The monoisotopic (exact) mass is 249 g/mol. The molecule has 1 heterocycles. The highest BCUT2D eigenvalue weighted by Gasteiger charge is 2.34. The first kappa shape index (κ1) is 11.0. The maximum absolute atomic E-state index is 11.2.